The molecular formula is C14H22N4O2. The van der Waals surface area contributed by atoms with Gasteiger partial charge in [-0.05, 0) is 30.7 Å². The molecule has 0 fully saturated rings. The standard InChI is InChI=1S/C14H22N4O2/c1-2-3-4-5-10-15-14(20)17-12-6-8-13(9-7-12)18-16-11-19/h6-9,11,18H,2-5,10H2,1H3,(H,16,19)(H2,15,17,20). The molecule has 0 unspecified atom stereocenters. The average Bonchev–Trinajstić information content (AvgIpc) is 2.46. The third-order valence-corrected chi connectivity index (χ3v) is 2.73. The largest absolute Gasteiger partial charge is 0.338 e. The molecule has 0 spiro atoms. The number of nitrogens with one attached hydrogen (secondary N) is 4. The minimum Gasteiger partial charge on any atom is -0.338 e. The van der Waals surface area contributed by atoms with Gasteiger partial charge in [0.1, 0.15) is 0 Å². The second-order valence-electron chi connectivity index (χ2n) is 4.41. The van der Waals surface area contributed by atoms with Crippen molar-refractivity contribution in [1.82, 2.24) is 10.7 Å². The van der Waals surface area contributed by atoms with E-state index in [1.165, 1.54) is 12.8 Å². The molecule has 6 heteroatoms. The summed E-state index contributed by atoms with van der Waals surface area (Å²) < 4.78 is 0. The van der Waals surface area contributed by atoms with Crippen LogP contribution in [0.1, 0.15) is 32.6 Å². The number of unbranched alkanes of at least 4 members (excludes halogenated alkanes) is 3. The van der Waals surface area contributed by atoms with Gasteiger partial charge in [-0.3, -0.25) is 15.6 Å². The maximum atomic E-state index is 11.6. The van der Waals surface area contributed by atoms with E-state index < -0.39 is 0 Å². The lowest BCUT2D eigenvalue weighted by molar-refractivity contribution is -0.109. The Hall–Kier alpha value is -2.24. The van der Waals surface area contributed by atoms with Crippen LogP contribution in [0, 0.1) is 0 Å². The Labute approximate surface area is 119 Å². The van der Waals surface area contributed by atoms with Gasteiger partial charge in [-0.25, -0.2) is 4.79 Å². The smallest absolute Gasteiger partial charge is 0.319 e. The third kappa shape index (κ3) is 6.63. The SMILES string of the molecule is CCCCCCNC(=O)Nc1ccc(NNC=O)cc1. The molecule has 4 N–H and O–H groups in total. The first-order valence-electron chi connectivity index (χ1n) is 6.86. The number of anilines is 2. The van der Waals surface area contributed by atoms with Gasteiger partial charge in [-0.2, -0.15) is 0 Å². The van der Waals surface area contributed by atoms with Crippen molar-refractivity contribution in [2.45, 2.75) is 32.6 Å². The van der Waals surface area contributed by atoms with E-state index in [2.05, 4.69) is 28.4 Å². The van der Waals surface area contributed by atoms with Crippen LogP contribution in [0.15, 0.2) is 24.3 Å². The first-order chi connectivity index (χ1) is 9.76. The van der Waals surface area contributed by atoms with E-state index in [0.29, 0.717) is 18.6 Å². The van der Waals surface area contributed by atoms with E-state index in [1.54, 1.807) is 24.3 Å². The molecule has 0 atom stereocenters. The number of amides is 3. The van der Waals surface area contributed by atoms with Crippen LogP contribution >= 0.6 is 0 Å². The maximum absolute atomic E-state index is 11.6. The predicted molar refractivity (Wildman–Crippen MR) is 80.4 cm³/mol. The van der Waals surface area contributed by atoms with Crippen molar-refractivity contribution in [2.75, 3.05) is 17.3 Å². The Balaban J connectivity index is 2.25. The van der Waals surface area contributed by atoms with E-state index in [1.807, 2.05) is 0 Å². The first-order valence-corrected chi connectivity index (χ1v) is 6.86. The number of carbonyl (C=O) groups is 2. The van der Waals surface area contributed by atoms with Gasteiger partial charge in [-0.1, -0.05) is 26.2 Å². The zero-order valence-electron chi connectivity index (χ0n) is 11.7. The van der Waals surface area contributed by atoms with Crippen molar-refractivity contribution in [3.8, 4) is 0 Å². The first kappa shape index (κ1) is 15.8. The van der Waals surface area contributed by atoms with Crippen LogP contribution in [-0.2, 0) is 4.79 Å². The molecule has 0 saturated heterocycles. The number of urea groups is 1. The lowest BCUT2D eigenvalue weighted by atomic mass is 10.2. The summed E-state index contributed by atoms with van der Waals surface area (Å²) in [5.41, 5.74) is 6.46. The van der Waals surface area contributed by atoms with Crippen LogP contribution in [0.5, 0.6) is 0 Å². The number of carbonyl (C=O) groups excluding carboxylic acids is 2. The van der Waals surface area contributed by atoms with E-state index in [-0.39, 0.29) is 6.03 Å². The molecule has 3 amide bonds. The Kier molecular flexibility index (Phi) is 7.64. The van der Waals surface area contributed by atoms with E-state index >= 15 is 0 Å². The monoisotopic (exact) mass is 278 g/mol. The summed E-state index contributed by atoms with van der Waals surface area (Å²) in [7, 11) is 0. The van der Waals surface area contributed by atoms with Gasteiger partial charge in [0.2, 0.25) is 6.41 Å². The molecule has 0 saturated carbocycles. The fourth-order valence-corrected chi connectivity index (χ4v) is 1.68. The second-order valence-corrected chi connectivity index (χ2v) is 4.41. The molecule has 0 aliphatic heterocycles. The number of benzene rings is 1. The van der Waals surface area contributed by atoms with Crippen molar-refractivity contribution in [1.29, 1.82) is 0 Å². The fraction of sp³-hybridized carbons (Fsp3) is 0.429. The summed E-state index contributed by atoms with van der Waals surface area (Å²) in [5.74, 6) is 0. The van der Waals surface area contributed by atoms with E-state index in [9.17, 15) is 9.59 Å². The molecule has 0 bridgehead atoms. The van der Waals surface area contributed by atoms with E-state index in [0.717, 1.165) is 18.5 Å². The minimum absolute atomic E-state index is 0.201. The number of hydrazine groups is 1. The second kappa shape index (κ2) is 9.66. The fourth-order valence-electron chi connectivity index (χ4n) is 1.68. The normalized spacial score (nSPS) is 9.65. The van der Waals surface area contributed by atoms with Gasteiger partial charge < -0.3 is 10.6 Å². The molecule has 110 valence electrons. The number of hydrogen-bond donors (Lipinski definition) is 4. The van der Waals surface area contributed by atoms with Crippen molar-refractivity contribution in [3.05, 3.63) is 24.3 Å². The van der Waals surface area contributed by atoms with Gasteiger partial charge in [0, 0.05) is 12.2 Å². The lowest BCUT2D eigenvalue weighted by Crippen LogP contribution is -2.29. The quantitative estimate of drug-likeness (QED) is 0.318. The summed E-state index contributed by atoms with van der Waals surface area (Å²) in [6.45, 7) is 2.85. The Morgan fingerprint density at radius 1 is 1.10 bits per heavy atom. The van der Waals surface area contributed by atoms with Gasteiger partial charge in [0.15, 0.2) is 0 Å². The summed E-state index contributed by atoms with van der Waals surface area (Å²) in [6.07, 6.45) is 5.08. The van der Waals surface area contributed by atoms with Crippen molar-refractivity contribution >= 4 is 23.8 Å². The van der Waals surface area contributed by atoms with Crippen LogP contribution < -0.4 is 21.5 Å². The lowest BCUT2D eigenvalue weighted by Gasteiger charge is -2.09. The van der Waals surface area contributed by atoms with Crippen molar-refractivity contribution in [2.24, 2.45) is 0 Å². The van der Waals surface area contributed by atoms with Crippen LogP contribution in [0.2, 0.25) is 0 Å². The third-order valence-electron chi connectivity index (χ3n) is 2.73. The molecule has 0 aliphatic carbocycles. The highest BCUT2D eigenvalue weighted by atomic mass is 16.2. The number of rotatable bonds is 9. The number of hydrogen-bond acceptors (Lipinski definition) is 3. The van der Waals surface area contributed by atoms with Crippen LogP contribution in [0.25, 0.3) is 0 Å². The summed E-state index contributed by atoms with van der Waals surface area (Å²) in [5, 5.41) is 5.56. The zero-order chi connectivity index (χ0) is 14.6. The maximum Gasteiger partial charge on any atom is 0.319 e. The molecule has 1 aromatic rings. The summed E-state index contributed by atoms with van der Waals surface area (Å²) >= 11 is 0. The minimum atomic E-state index is -0.201. The molecule has 0 radical (unpaired) electrons. The Bertz CT molecular complexity index is 406. The molecule has 0 heterocycles. The molecule has 0 aliphatic rings. The van der Waals surface area contributed by atoms with Crippen molar-refractivity contribution < 1.29 is 9.59 Å². The highest BCUT2D eigenvalue weighted by Crippen LogP contribution is 2.12. The topological polar surface area (TPSA) is 82.3 Å². The Morgan fingerprint density at radius 2 is 1.80 bits per heavy atom. The van der Waals surface area contributed by atoms with Gasteiger partial charge in [0.05, 0.1) is 5.69 Å². The summed E-state index contributed by atoms with van der Waals surface area (Å²) in [4.78, 5) is 21.7. The van der Waals surface area contributed by atoms with Crippen LogP contribution in [-0.4, -0.2) is 19.0 Å². The van der Waals surface area contributed by atoms with Gasteiger partial charge in [-0.15, -0.1) is 0 Å². The zero-order valence-corrected chi connectivity index (χ0v) is 11.7. The van der Waals surface area contributed by atoms with Gasteiger partial charge >= 0.3 is 6.03 Å². The van der Waals surface area contributed by atoms with Crippen LogP contribution in [0.3, 0.4) is 0 Å². The summed E-state index contributed by atoms with van der Waals surface area (Å²) in [6, 6.07) is 6.82. The average molecular weight is 278 g/mol. The molecule has 6 nitrogen and oxygen atoms in total. The molecule has 1 rings (SSSR count). The van der Waals surface area contributed by atoms with Crippen LogP contribution in [0.4, 0.5) is 16.2 Å². The van der Waals surface area contributed by atoms with Crippen molar-refractivity contribution in [3.63, 3.8) is 0 Å². The highest BCUT2D eigenvalue weighted by molar-refractivity contribution is 5.89. The molecule has 1 aromatic carbocycles. The molecule has 0 aromatic heterocycles. The highest BCUT2D eigenvalue weighted by Gasteiger charge is 2.00. The molecular weight excluding hydrogens is 256 g/mol. The van der Waals surface area contributed by atoms with E-state index in [4.69, 9.17) is 0 Å². The Morgan fingerprint density at radius 3 is 2.45 bits per heavy atom. The molecule has 20 heavy (non-hydrogen) atoms. The predicted octanol–water partition coefficient (Wildman–Crippen LogP) is 2.46. The van der Waals surface area contributed by atoms with Gasteiger partial charge in [0.25, 0.3) is 0 Å².